The zero-order valence-electron chi connectivity index (χ0n) is 14.3. The minimum absolute atomic E-state index is 0.173. The molecule has 118 valence electrons. The molecule has 1 heteroatoms. The molecule has 6 atom stereocenters. The number of hydrogen-bond acceptors (Lipinski definition) is 1. The first-order valence-electron chi connectivity index (χ1n) is 8.84. The molecule has 3 saturated carbocycles. The van der Waals surface area contributed by atoms with Crippen LogP contribution in [0.2, 0.25) is 0 Å². The van der Waals surface area contributed by atoms with Crippen molar-refractivity contribution in [2.45, 2.75) is 71.8 Å². The summed E-state index contributed by atoms with van der Waals surface area (Å²) in [5, 5.41) is 11.2. The Morgan fingerprint density at radius 2 is 1.95 bits per heavy atom. The van der Waals surface area contributed by atoms with Crippen molar-refractivity contribution in [3.8, 4) is 0 Å². The third kappa shape index (κ3) is 2.00. The Balaban J connectivity index is 1.72. The van der Waals surface area contributed by atoms with E-state index in [-0.39, 0.29) is 11.0 Å². The molecule has 6 unspecified atom stereocenters. The quantitative estimate of drug-likeness (QED) is 0.712. The van der Waals surface area contributed by atoms with Crippen LogP contribution in [0.4, 0.5) is 0 Å². The second-order valence-electron chi connectivity index (χ2n) is 8.53. The Morgan fingerprint density at radius 3 is 2.62 bits per heavy atom. The Morgan fingerprint density at radius 1 is 1.24 bits per heavy atom. The van der Waals surface area contributed by atoms with Crippen LogP contribution < -0.4 is 0 Å². The van der Waals surface area contributed by atoms with E-state index < -0.39 is 0 Å². The fourth-order valence-corrected chi connectivity index (χ4v) is 6.07. The highest BCUT2D eigenvalue weighted by Crippen LogP contribution is 2.75. The Bertz CT molecular complexity index is 472. The van der Waals surface area contributed by atoms with Gasteiger partial charge in [-0.1, -0.05) is 37.6 Å². The van der Waals surface area contributed by atoms with Gasteiger partial charge in [0.05, 0.1) is 5.60 Å². The summed E-state index contributed by atoms with van der Waals surface area (Å²) in [7, 11) is 0. The molecular weight excluding hydrogens is 256 g/mol. The van der Waals surface area contributed by atoms with Crippen molar-refractivity contribution in [3.63, 3.8) is 0 Å². The molecule has 21 heavy (non-hydrogen) atoms. The van der Waals surface area contributed by atoms with Crippen LogP contribution >= 0.6 is 0 Å². The minimum atomic E-state index is -0.355. The molecule has 0 heterocycles. The standard InChI is InChI=1S/C20H32O/c1-13(2)7-6-8-14(3)16-10-11-19(5)18(16)17-15(4)9-12-20(17,19)21/h7,15-18,21H,3,6,8-12H2,1-2,4-5H3. The molecule has 0 saturated heterocycles. The van der Waals surface area contributed by atoms with Crippen molar-refractivity contribution in [1.82, 2.24) is 0 Å². The number of rotatable bonds is 4. The predicted octanol–water partition coefficient (Wildman–Crippen LogP) is 5.11. The molecule has 0 amide bonds. The van der Waals surface area contributed by atoms with E-state index >= 15 is 0 Å². The average molecular weight is 288 g/mol. The van der Waals surface area contributed by atoms with Crippen LogP contribution in [-0.2, 0) is 0 Å². The van der Waals surface area contributed by atoms with E-state index in [1.807, 2.05) is 0 Å². The van der Waals surface area contributed by atoms with Gasteiger partial charge in [0.2, 0.25) is 0 Å². The van der Waals surface area contributed by atoms with Crippen molar-refractivity contribution in [2.75, 3.05) is 0 Å². The van der Waals surface area contributed by atoms with Gasteiger partial charge in [0.15, 0.2) is 0 Å². The lowest BCUT2D eigenvalue weighted by Gasteiger charge is -2.63. The van der Waals surface area contributed by atoms with Crippen LogP contribution in [0.3, 0.4) is 0 Å². The predicted molar refractivity (Wildman–Crippen MR) is 89.0 cm³/mol. The van der Waals surface area contributed by atoms with Crippen LogP contribution in [-0.4, -0.2) is 10.7 Å². The van der Waals surface area contributed by atoms with E-state index in [1.165, 1.54) is 30.4 Å². The van der Waals surface area contributed by atoms with Gasteiger partial charge in [-0.25, -0.2) is 0 Å². The second kappa shape index (κ2) is 4.98. The maximum Gasteiger partial charge on any atom is 0.0737 e. The van der Waals surface area contributed by atoms with Gasteiger partial charge in [-0.05, 0) is 76.0 Å². The fraction of sp³-hybridized carbons (Fsp3) is 0.800. The Kier molecular flexibility index (Phi) is 3.64. The lowest BCUT2D eigenvalue weighted by Crippen LogP contribution is -2.67. The molecule has 3 rings (SSSR count). The molecule has 0 aromatic rings. The monoisotopic (exact) mass is 288 g/mol. The van der Waals surface area contributed by atoms with Gasteiger partial charge in [0.1, 0.15) is 0 Å². The molecule has 0 spiro atoms. The molecule has 0 aromatic carbocycles. The van der Waals surface area contributed by atoms with Gasteiger partial charge in [0.25, 0.3) is 0 Å². The molecule has 0 bridgehead atoms. The van der Waals surface area contributed by atoms with E-state index in [4.69, 9.17) is 0 Å². The molecule has 1 nitrogen and oxygen atoms in total. The smallest absolute Gasteiger partial charge is 0.0737 e. The number of fused-ring (bicyclic) bond motifs is 4. The van der Waals surface area contributed by atoms with Gasteiger partial charge < -0.3 is 5.11 Å². The lowest BCUT2D eigenvalue weighted by molar-refractivity contribution is -0.241. The average Bonchev–Trinajstić information content (AvgIpc) is 2.85. The van der Waals surface area contributed by atoms with Crippen LogP contribution in [0.25, 0.3) is 0 Å². The molecule has 3 aliphatic rings. The zero-order valence-corrected chi connectivity index (χ0v) is 14.3. The highest BCUT2D eigenvalue weighted by atomic mass is 16.3. The van der Waals surface area contributed by atoms with E-state index in [9.17, 15) is 5.11 Å². The summed E-state index contributed by atoms with van der Waals surface area (Å²) in [5.41, 5.74) is 2.67. The summed E-state index contributed by atoms with van der Waals surface area (Å²) in [5.74, 6) is 2.58. The van der Waals surface area contributed by atoms with Crippen LogP contribution in [0.15, 0.2) is 23.8 Å². The Labute approximate surface area is 130 Å². The van der Waals surface area contributed by atoms with Gasteiger partial charge in [-0.2, -0.15) is 0 Å². The molecule has 3 aliphatic carbocycles. The van der Waals surface area contributed by atoms with E-state index in [0.29, 0.717) is 23.7 Å². The lowest BCUT2D eigenvalue weighted by atomic mass is 9.44. The summed E-state index contributed by atoms with van der Waals surface area (Å²) >= 11 is 0. The topological polar surface area (TPSA) is 20.2 Å². The Hall–Kier alpha value is -0.560. The third-order valence-corrected chi connectivity index (χ3v) is 7.21. The third-order valence-electron chi connectivity index (χ3n) is 7.21. The van der Waals surface area contributed by atoms with Crippen LogP contribution in [0.1, 0.15) is 66.2 Å². The molecule has 0 aromatic heterocycles. The van der Waals surface area contributed by atoms with Crippen molar-refractivity contribution in [3.05, 3.63) is 23.8 Å². The number of aliphatic hydroxyl groups is 1. The maximum absolute atomic E-state index is 11.2. The van der Waals surface area contributed by atoms with Crippen molar-refractivity contribution >= 4 is 0 Å². The first-order chi connectivity index (χ1) is 9.81. The summed E-state index contributed by atoms with van der Waals surface area (Å²) in [6.07, 6.45) is 9.28. The van der Waals surface area contributed by atoms with Gasteiger partial charge in [-0.3, -0.25) is 0 Å². The van der Waals surface area contributed by atoms with Gasteiger partial charge >= 0.3 is 0 Å². The normalized spacial score (nSPS) is 47.5. The van der Waals surface area contributed by atoms with E-state index in [2.05, 4.69) is 40.3 Å². The highest BCUT2D eigenvalue weighted by Gasteiger charge is 2.75. The zero-order chi connectivity index (χ0) is 15.4. The molecular formula is C20H32O. The molecule has 3 fully saturated rings. The summed E-state index contributed by atoms with van der Waals surface area (Å²) < 4.78 is 0. The van der Waals surface area contributed by atoms with E-state index in [1.54, 1.807) is 0 Å². The summed E-state index contributed by atoms with van der Waals surface area (Å²) in [6, 6.07) is 0. The van der Waals surface area contributed by atoms with Crippen LogP contribution in [0, 0.1) is 29.1 Å². The SMILES string of the molecule is C=C(CCC=C(C)C)C1CCC2(C)C1C1C(C)CCC12O. The molecule has 0 radical (unpaired) electrons. The first kappa shape index (κ1) is 15.3. The number of hydrogen-bond donors (Lipinski definition) is 1. The van der Waals surface area contributed by atoms with Gasteiger partial charge in [-0.15, -0.1) is 0 Å². The first-order valence-corrected chi connectivity index (χ1v) is 8.84. The largest absolute Gasteiger partial charge is 0.389 e. The van der Waals surface area contributed by atoms with Gasteiger partial charge in [0, 0.05) is 5.41 Å². The summed E-state index contributed by atoms with van der Waals surface area (Å²) in [4.78, 5) is 0. The summed E-state index contributed by atoms with van der Waals surface area (Å²) in [6.45, 7) is 13.5. The van der Waals surface area contributed by atoms with Crippen molar-refractivity contribution in [1.29, 1.82) is 0 Å². The number of allylic oxidation sites excluding steroid dienone is 3. The minimum Gasteiger partial charge on any atom is -0.389 e. The van der Waals surface area contributed by atoms with Crippen molar-refractivity contribution in [2.24, 2.45) is 29.1 Å². The van der Waals surface area contributed by atoms with Crippen LogP contribution in [0.5, 0.6) is 0 Å². The fourth-order valence-electron chi connectivity index (χ4n) is 6.07. The molecule has 1 N–H and O–H groups in total. The second-order valence-corrected chi connectivity index (χ2v) is 8.53. The van der Waals surface area contributed by atoms with Crippen molar-refractivity contribution < 1.29 is 5.11 Å². The highest BCUT2D eigenvalue weighted by molar-refractivity contribution is 5.28. The maximum atomic E-state index is 11.2. The molecule has 0 aliphatic heterocycles. The van der Waals surface area contributed by atoms with E-state index in [0.717, 1.165) is 19.3 Å².